The number of amides is 1. The molecule has 124 valence electrons. The molecule has 0 atom stereocenters. The second kappa shape index (κ2) is 9.08. The summed E-state index contributed by atoms with van der Waals surface area (Å²) in [7, 11) is 0. The van der Waals surface area contributed by atoms with Crippen molar-refractivity contribution in [3.8, 4) is 0 Å². The Morgan fingerprint density at radius 1 is 1.26 bits per heavy atom. The Balaban J connectivity index is 1.66. The molecule has 1 fully saturated rings. The first-order valence-corrected chi connectivity index (χ1v) is 8.00. The molecule has 23 heavy (non-hydrogen) atoms. The van der Waals surface area contributed by atoms with Crippen molar-refractivity contribution < 1.29 is 18.7 Å². The number of ether oxygens (including phenoxy) is 1. The third-order valence-corrected chi connectivity index (χ3v) is 3.92. The number of rotatable bonds is 6. The molecule has 0 saturated heterocycles. The average molecular weight is 319 g/mol. The molecule has 0 aromatic heterocycles. The normalized spacial score (nSPS) is 15.5. The lowest BCUT2D eigenvalue weighted by Gasteiger charge is -2.21. The highest BCUT2D eigenvalue weighted by molar-refractivity contribution is 5.89. The highest BCUT2D eigenvalue weighted by Crippen LogP contribution is 2.22. The molecular weight excluding hydrogens is 297 g/mol. The van der Waals surface area contributed by atoms with E-state index >= 15 is 0 Å². The van der Waals surface area contributed by atoms with Crippen molar-refractivity contribution in [2.24, 2.45) is 5.92 Å². The minimum atomic E-state index is -0.623. The van der Waals surface area contributed by atoms with Crippen LogP contribution in [0.3, 0.4) is 0 Å². The highest BCUT2D eigenvalue weighted by Gasteiger charge is 2.14. The van der Waals surface area contributed by atoms with Crippen LogP contribution in [-0.2, 0) is 14.3 Å². The van der Waals surface area contributed by atoms with Crippen LogP contribution in [-0.4, -0.2) is 25.0 Å². The molecule has 0 bridgehead atoms. The Labute approximate surface area is 135 Å². The Morgan fingerprint density at radius 2 is 2.04 bits per heavy atom. The Bertz CT molecular complexity index is 565. The average Bonchev–Trinajstić information content (AvgIpc) is 2.57. The van der Waals surface area contributed by atoms with Gasteiger partial charge in [-0.25, -0.2) is 9.18 Å². The van der Waals surface area contributed by atoms with E-state index in [1.807, 2.05) is 0 Å². The van der Waals surface area contributed by atoms with E-state index in [-0.39, 0.29) is 18.3 Å². The number of hydrogen-bond donors (Lipinski definition) is 1. The monoisotopic (exact) mass is 319 g/mol. The van der Waals surface area contributed by atoms with Crippen LogP contribution in [0.1, 0.15) is 37.7 Å². The zero-order valence-corrected chi connectivity index (χ0v) is 13.1. The summed E-state index contributed by atoms with van der Waals surface area (Å²) in [6.07, 6.45) is 8.65. The van der Waals surface area contributed by atoms with Gasteiger partial charge in [0.05, 0.1) is 0 Å². The van der Waals surface area contributed by atoms with Crippen molar-refractivity contribution in [2.45, 2.75) is 32.1 Å². The van der Waals surface area contributed by atoms with Crippen LogP contribution < -0.4 is 5.32 Å². The van der Waals surface area contributed by atoms with Crippen molar-refractivity contribution in [1.29, 1.82) is 0 Å². The van der Waals surface area contributed by atoms with Crippen LogP contribution in [0.5, 0.6) is 0 Å². The predicted octanol–water partition coefficient (Wildman–Crippen LogP) is 3.08. The van der Waals surface area contributed by atoms with Gasteiger partial charge in [0.1, 0.15) is 5.82 Å². The van der Waals surface area contributed by atoms with Gasteiger partial charge in [-0.2, -0.15) is 0 Å². The third kappa shape index (κ3) is 6.63. The topological polar surface area (TPSA) is 55.4 Å². The van der Waals surface area contributed by atoms with Crippen molar-refractivity contribution in [3.63, 3.8) is 0 Å². The van der Waals surface area contributed by atoms with E-state index in [4.69, 9.17) is 4.74 Å². The van der Waals surface area contributed by atoms with Crippen LogP contribution >= 0.6 is 0 Å². The molecule has 1 aliphatic rings. The fourth-order valence-corrected chi connectivity index (χ4v) is 2.66. The van der Waals surface area contributed by atoms with Gasteiger partial charge in [-0.1, -0.05) is 31.4 Å². The molecule has 0 aliphatic heterocycles. The highest BCUT2D eigenvalue weighted by atomic mass is 19.1. The van der Waals surface area contributed by atoms with Crippen LogP contribution in [0.25, 0.3) is 6.08 Å². The molecule has 0 unspecified atom stereocenters. The van der Waals surface area contributed by atoms with Crippen LogP contribution in [0.2, 0.25) is 0 Å². The second-order valence-electron chi connectivity index (χ2n) is 5.80. The standard InChI is InChI=1S/C18H22FNO3/c19-16-8-4-7-14(11-16)9-10-18(22)23-13-17(21)20-12-15-5-2-1-3-6-15/h4,7-11,15H,1-3,5-6,12-13H2,(H,20,21)/b10-9+. The smallest absolute Gasteiger partial charge is 0.331 e. The number of nitrogens with one attached hydrogen (secondary N) is 1. The number of hydrogen-bond acceptors (Lipinski definition) is 3. The molecule has 1 N–H and O–H groups in total. The summed E-state index contributed by atoms with van der Waals surface area (Å²) >= 11 is 0. The summed E-state index contributed by atoms with van der Waals surface area (Å²) in [5, 5.41) is 2.80. The van der Waals surface area contributed by atoms with Crippen molar-refractivity contribution in [1.82, 2.24) is 5.32 Å². The number of halogens is 1. The van der Waals surface area contributed by atoms with E-state index in [1.54, 1.807) is 12.1 Å². The lowest BCUT2D eigenvalue weighted by atomic mass is 9.89. The number of carbonyl (C=O) groups is 2. The first-order valence-electron chi connectivity index (χ1n) is 8.00. The molecule has 1 amide bonds. The van der Waals surface area contributed by atoms with E-state index in [9.17, 15) is 14.0 Å². The Morgan fingerprint density at radius 3 is 2.78 bits per heavy atom. The van der Waals surface area contributed by atoms with Gasteiger partial charge in [-0.05, 0) is 42.5 Å². The molecule has 4 nitrogen and oxygen atoms in total. The molecule has 2 rings (SSSR count). The minimum Gasteiger partial charge on any atom is -0.452 e. The lowest BCUT2D eigenvalue weighted by Crippen LogP contribution is -2.33. The van der Waals surface area contributed by atoms with E-state index < -0.39 is 5.97 Å². The summed E-state index contributed by atoms with van der Waals surface area (Å²) in [6.45, 7) is 0.356. The summed E-state index contributed by atoms with van der Waals surface area (Å²) in [5.74, 6) is -0.746. The first kappa shape index (κ1) is 17.2. The third-order valence-electron chi connectivity index (χ3n) is 3.92. The molecule has 0 heterocycles. The maximum Gasteiger partial charge on any atom is 0.331 e. The quantitative estimate of drug-likeness (QED) is 0.647. The summed E-state index contributed by atoms with van der Waals surface area (Å²) in [6, 6.07) is 5.86. The Kier molecular flexibility index (Phi) is 6.78. The van der Waals surface area contributed by atoms with Gasteiger partial charge in [0.2, 0.25) is 0 Å². The van der Waals surface area contributed by atoms with Crippen LogP contribution in [0, 0.1) is 11.7 Å². The van der Waals surface area contributed by atoms with Gasteiger partial charge < -0.3 is 10.1 Å². The Hall–Kier alpha value is -2.17. The first-order chi connectivity index (χ1) is 11.1. The molecule has 1 aliphatic carbocycles. The van der Waals surface area contributed by atoms with Gasteiger partial charge in [0, 0.05) is 12.6 Å². The van der Waals surface area contributed by atoms with Gasteiger partial charge >= 0.3 is 5.97 Å². The van der Waals surface area contributed by atoms with Crippen molar-refractivity contribution >= 4 is 18.0 Å². The van der Waals surface area contributed by atoms with E-state index in [0.29, 0.717) is 18.0 Å². The van der Waals surface area contributed by atoms with E-state index in [1.165, 1.54) is 43.5 Å². The zero-order chi connectivity index (χ0) is 16.5. The molecule has 0 spiro atoms. The van der Waals surface area contributed by atoms with Gasteiger partial charge in [-0.3, -0.25) is 4.79 Å². The van der Waals surface area contributed by atoms with Crippen LogP contribution in [0.4, 0.5) is 4.39 Å². The minimum absolute atomic E-state index is 0.289. The van der Waals surface area contributed by atoms with Crippen molar-refractivity contribution in [3.05, 3.63) is 41.7 Å². The van der Waals surface area contributed by atoms with Crippen LogP contribution in [0.15, 0.2) is 30.3 Å². The molecule has 1 aromatic carbocycles. The van der Waals surface area contributed by atoms with Crippen molar-refractivity contribution in [2.75, 3.05) is 13.2 Å². The fraction of sp³-hybridized carbons (Fsp3) is 0.444. The largest absolute Gasteiger partial charge is 0.452 e. The molecule has 1 aromatic rings. The predicted molar refractivity (Wildman–Crippen MR) is 86.0 cm³/mol. The van der Waals surface area contributed by atoms with Gasteiger partial charge in [0.25, 0.3) is 5.91 Å². The number of esters is 1. The fourth-order valence-electron chi connectivity index (χ4n) is 2.66. The summed E-state index contributed by atoms with van der Waals surface area (Å²) in [4.78, 5) is 23.2. The van der Waals surface area contributed by atoms with Gasteiger partial charge in [0.15, 0.2) is 6.61 Å². The van der Waals surface area contributed by atoms with E-state index in [2.05, 4.69) is 5.32 Å². The lowest BCUT2D eigenvalue weighted by molar-refractivity contribution is -0.143. The second-order valence-corrected chi connectivity index (χ2v) is 5.80. The number of carbonyl (C=O) groups excluding carboxylic acids is 2. The SMILES string of the molecule is O=C(COC(=O)/C=C/c1cccc(F)c1)NCC1CCCCC1. The molecule has 5 heteroatoms. The number of benzene rings is 1. The van der Waals surface area contributed by atoms with Gasteiger partial charge in [-0.15, -0.1) is 0 Å². The summed E-state index contributed by atoms with van der Waals surface area (Å²) < 4.78 is 17.8. The molecule has 0 radical (unpaired) electrons. The zero-order valence-electron chi connectivity index (χ0n) is 13.1. The summed E-state index contributed by atoms with van der Waals surface area (Å²) in [5.41, 5.74) is 0.559. The maximum atomic E-state index is 13.0. The maximum absolute atomic E-state index is 13.0. The molecule has 1 saturated carbocycles. The molecular formula is C18H22FNO3. The van der Waals surface area contributed by atoms with E-state index in [0.717, 1.165) is 12.8 Å².